The van der Waals surface area contributed by atoms with Gasteiger partial charge in [0.2, 0.25) is 0 Å². The highest BCUT2D eigenvalue weighted by atomic mass is 32.2. The minimum atomic E-state index is -4.43. The van der Waals surface area contributed by atoms with E-state index in [9.17, 15) is 26.8 Å². The fourth-order valence-electron chi connectivity index (χ4n) is 2.62. The molecule has 0 aromatic heterocycles. The maximum Gasteiger partial charge on any atom is 0.328 e. The molecule has 10 heteroatoms. The predicted octanol–water partition coefficient (Wildman–Crippen LogP) is 2.57. The molecular weight excluding hydrogens is 408 g/mol. The van der Waals surface area contributed by atoms with Crippen molar-refractivity contribution in [3.05, 3.63) is 59.7 Å². The van der Waals surface area contributed by atoms with Gasteiger partial charge in [0.25, 0.3) is 16.0 Å². The summed E-state index contributed by atoms with van der Waals surface area (Å²) in [5.74, 6) is -5.62. The number of nitrogens with one attached hydrogen (secondary N) is 1. The Labute approximate surface area is 166 Å². The van der Waals surface area contributed by atoms with Crippen molar-refractivity contribution in [2.75, 3.05) is 12.4 Å². The summed E-state index contributed by atoms with van der Waals surface area (Å²) in [6, 6.07) is 8.77. The topological polar surface area (TPSA) is 110 Å². The maximum absolute atomic E-state index is 14.5. The first-order valence-electron chi connectivity index (χ1n) is 8.60. The smallest absolute Gasteiger partial charge is 0.328 e. The summed E-state index contributed by atoms with van der Waals surface area (Å²) in [4.78, 5) is 24.8. The minimum Gasteiger partial charge on any atom is -0.464 e. The number of amides is 1. The Kier molecular flexibility index (Phi) is 7.40. The van der Waals surface area contributed by atoms with Gasteiger partial charge in [0, 0.05) is 0 Å². The van der Waals surface area contributed by atoms with Gasteiger partial charge in [0.15, 0.2) is 11.6 Å². The first-order valence-corrected chi connectivity index (χ1v) is 10.2. The second-order valence-electron chi connectivity index (χ2n) is 6.00. The van der Waals surface area contributed by atoms with E-state index < -0.39 is 57.4 Å². The van der Waals surface area contributed by atoms with Gasteiger partial charge in [-0.25, -0.2) is 13.6 Å². The number of esters is 1. The minimum absolute atomic E-state index is 0.0549. The average molecular weight is 427 g/mol. The summed E-state index contributed by atoms with van der Waals surface area (Å²) in [6.45, 7) is 1.44. The van der Waals surface area contributed by atoms with Crippen molar-refractivity contribution in [3.8, 4) is 11.1 Å². The molecule has 0 saturated carbocycles. The van der Waals surface area contributed by atoms with Crippen LogP contribution in [0.15, 0.2) is 42.5 Å². The first-order chi connectivity index (χ1) is 13.6. The Morgan fingerprint density at radius 1 is 1.14 bits per heavy atom. The fraction of sp³-hybridized carbons (Fsp3) is 0.263. The fourth-order valence-corrected chi connectivity index (χ4v) is 3.15. The molecule has 0 spiro atoms. The molecule has 2 aromatic rings. The van der Waals surface area contributed by atoms with Gasteiger partial charge >= 0.3 is 5.97 Å². The molecule has 2 N–H and O–H groups in total. The van der Waals surface area contributed by atoms with Gasteiger partial charge in [-0.2, -0.15) is 8.42 Å². The zero-order valence-corrected chi connectivity index (χ0v) is 16.2. The largest absolute Gasteiger partial charge is 0.464 e. The summed E-state index contributed by atoms with van der Waals surface area (Å²) in [6.07, 6.45) is -0.513. The molecule has 2 rings (SSSR count). The zero-order valence-electron chi connectivity index (χ0n) is 15.4. The Bertz CT molecular complexity index is 995. The molecule has 0 saturated heterocycles. The second-order valence-corrected chi connectivity index (χ2v) is 7.57. The molecule has 0 unspecified atom stereocenters. The third-order valence-electron chi connectivity index (χ3n) is 3.95. The molecule has 0 aliphatic heterocycles. The molecule has 29 heavy (non-hydrogen) atoms. The van der Waals surface area contributed by atoms with Crippen LogP contribution in [0.4, 0.5) is 8.78 Å². The summed E-state index contributed by atoms with van der Waals surface area (Å²) >= 11 is 0. The van der Waals surface area contributed by atoms with E-state index in [2.05, 4.69) is 5.32 Å². The van der Waals surface area contributed by atoms with E-state index in [1.807, 2.05) is 0 Å². The van der Waals surface area contributed by atoms with Gasteiger partial charge < -0.3 is 10.1 Å². The first kappa shape index (κ1) is 22.4. The van der Waals surface area contributed by atoms with Gasteiger partial charge in [-0.05, 0) is 30.5 Å². The molecule has 1 amide bonds. The van der Waals surface area contributed by atoms with Crippen molar-refractivity contribution in [2.24, 2.45) is 0 Å². The van der Waals surface area contributed by atoms with E-state index in [4.69, 9.17) is 9.29 Å². The van der Waals surface area contributed by atoms with E-state index in [0.29, 0.717) is 5.56 Å². The third-order valence-corrected chi connectivity index (χ3v) is 4.70. The predicted molar refractivity (Wildman–Crippen MR) is 101 cm³/mol. The molecule has 0 fully saturated rings. The third kappa shape index (κ3) is 6.06. The van der Waals surface area contributed by atoms with Gasteiger partial charge in [0.05, 0.1) is 17.9 Å². The van der Waals surface area contributed by atoms with Crippen LogP contribution in [0.5, 0.6) is 0 Å². The van der Waals surface area contributed by atoms with E-state index in [1.54, 1.807) is 30.3 Å². The van der Waals surface area contributed by atoms with Crippen LogP contribution >= 0.6 is 0 Å². The normalized spacial score (nSPS) is 12.3. The summed E-state index contributed by atoms with van der Waals surface area (Å²) < 4.78 is 63.9. The molecule has 0 aliphatic carbocycles. The average Bonchev–Trinajstić information content (AvgIpc) is 2.67. The van der Waals surface area contributed by atoms with Crippen molar-refractivity contribution in [3.63, 3.8) is 0 Å². The monoisotopic (exact) mass is 427 g/mol. The van der Waals surface area contributed by atoms with Crippen LogP contribution in [0.1, 0.15) is 23.7 Å². The molecule has 156 valence electrons. The lowest BCUT2D eigenvalue weighted by Gasteiger charge is -2.18. The molecule has 2 aromatic carbocycles. The standard InChI is InChI=1S/C19H19F2NO6S/c1-2-28-19(24)15(10-11-29(25,26)27)22-18(23)16-13(8-9-14(20)17(16)21)12-6-4-3-5-7-12/h3-9,15H,2,10-11H2,1H3,(H,22,23)(H,25,26,27)/t15-/m0/s1. The summed E-state index contributed by atoms with van der Waals surface area (Å²) in [5, 5.41) is 2.17. The van der Waals surface area contributed by atoms with Crippen LogP contribution in [0.3, 0.4) is 0 Å². The van der Waals surface area contributed by atoms with Gasteiger partial charge in [0.1, 0.15) is 6.04 Å². The quantitative estimate of drug-likeness (QED) is 0.495. The van der Waals surface area contributed by atoms with Crippen molar-refractivity contribution in [1.82, 2.24) is 5.32 Å². The molecule has 1 atom stereocenters. The maximum atomic E-state index is 14.5. The van der Waals surface area contributed by atoms with Crippen LogP contribution in [-0.4, -0.2) is 43.2 Å². The number of benzene rings is 2. The van der Waals surface area contributed by atoms with Crippen molar-refractivity contribution >= 4 is 22.0 Å². The molecule has 0 heterocycles. The molecule has 0 radical (unpaired) electrons. The van der Waals surface area contributed by atoms with Crippen molar-refractivity contribution in [1.29, 1.82) is 0 Å². The lowest BCUT2D eigenvalue weighted by atomic mass is 9.98. The molecule has 7 nitrogen and oxygen atoms in total. The van der Waals surface area contributed by atoms with E-state index >= 15 is 0 Å². The Hall–Kier alpha value is -2.85. The molecular formula is C19H19F2NO6S. The lowest BCUT2D eigenvalue weighted by Crippen LogP contribution is -2.43. The number of carbonyl (C=O) groups is 2. The van der Waals surface area contributed by atoms with Crippen LogP contribution in [0, 0.1) is 11.6 Å². The highest BCUT2D eigenvalue weighted by Crippen LogP contribution is 2.27. The van der Waals surface area contributed by atoms with Crippen molar-refractivity contribution in [2.45, 2.75) is 19.4 Å². The van der Waals surface area contributed by atoms with Gasteiger partial charge in [-0.3, -0.25) is 9.35 Å². The summed E-state index contributed by atoms with van der Waals surface area (Å²) in [5.41, 5.74) is -0.126. The SMILES string of the molecule is CCOC(=O)[C@H](CCS(=O)(=O)O)NC(=O)c1c(-c2ccccc2)ccc(F)c1F. The number of rotatable bonds is 8. The molecule has 0 bridgehead atoms. The van der Waals surface area contributed by atoms with Crippen LogP contribution < -0.4 is 5.32 Å². The lowest BCUT2D eigenvalue weighted by molar-refractivity contribution is -0.145. The number of hydrogen-bond donors (Lipinski definition) is 2. The van der Waals surface area contributed by atoms with Crippen LogP contribution in [0.25, 0.3) is 11.1 Å². The van der Waals surface area contributed by atoms with Gasteiger partial charge in [-0.15, -0.1) is 0 Å². The Morgan fingerprint density at radius 2 is 1.79 bits per heavy atom. The number of halogens is 2. The van der Waals surface area contributed by atoms with E-state index in [-0.39, 0.29) is 12.2 Å². The zero-order chi connectivity index (χ0) is 21.6. The van der Waals surface area contributed by atoms with E-state index in [1.165, 1.54) is 13.0 Å². The van der Waals surface area contributed by atoms with E-state index in [0.717, 1.165) is 6.07 Å². The molecule has 0 aliphatic rings. The highest BCUT2D eigenvalue weighted by molar-refractivity contribution is 7.85. The Morgan fingerprint density at radius 3 is 2.38 bits per heavy atom. The number of carbonyl (C=O) groups excluding carboxylic acids is 2. The van der Waals surface area contributed by atoms with Crippen LogP contribution in [0.2, 0.25) is 0 Å². The van der Waals surface area contributed by atoms with Crippen molar-refractivity contribution < 1.29 is 36.1 Å². The highest BCUT2D eigenvalue weighted by Gasteiger charge is 2.28. The number of ether oxygens (including phenoxy) is 1. The van der Waals surface area contributed by atoms with Crippen LogP contribution in [-0.2, 0) is 19.6 Å². The Balaban J connectivity index is 2.40. The number of hydrogen-bond acceptors (Lipinski definition) is 5. The second kappa shape index (κ2) is 9.57. The van der Waals surface area contributed by atoms with Gasteiger partial charge in [-0.1, -0.05) is 36.4 Å². The summed E-state index contributed by atoms with van der Waals surface area (Å²) in [7, 11) is -4.43.